The maximum atomic E-state index is 11.8. The zero-order valence-corrected chi connectivity index (χ0v) is 11.2. The summed E-state index contributed by atoms with van der Waals surface area (Å²) in [5, 5.41) is 0. The molecule has 18 heavy (non-hydrogen) atoms. The molecular weight excluding hydrogens is 236 g/mol. The quantitative estimate of drug-likeness (QED) is 0.675. The Morgan fingerprint density at radius 2 is 2.06 bits per heavy atom. The molecule has 5 heteroatoms. The SMILES string of the molecule is CCC(C)(C)C(=O)CCC(=O)OC1CCOC1=O. The minimum Gasteiger partial charge on any atom is -0.463 e. The van der Waals surface area contributed by atoms with Crippen molar-refractivity contribution in [2.45, 2.75) is 52.6 Å². The number of esters is 2. The number of carbonyl (C=O) groups is 3. The number of rotatable bonds is 6. The fraction of sp³-hybridized carbons (Fsp3) is 0.769. The third kappa shape index (κ3) is 3.82. The van der Waals surface area contributed by atoms with Crippen LogP contribution in [0.5, 0.6) is 0 Å². The van der Waals surface area contributed by atoms with Crippen molar-refractivity contribution in [1.82, 2.24) is 0 Å². The molecule has 1 atom stereocenters. The molecule has 5 nitrogen and oxygen atoms in total. The van der Waals surface area contributed by atoms with Crippen molar-refractivity contribution in [3.05, 3.63) is 0 Å². The molecule has 1 heterocycles. The van der Waals surface area contributed by atoms with Crippen LogP contribution in [0.2, 0.25) is 0 Å². The highest BCUT2D eigenvalue weighted by Crippen LogP contribution is 2.23. The maximum Gasteiger partial charge on any atom is 0.347 e. The zero-order chi connectivity index (χ0) is 13.8. The van der Waals surface area contributed by atoms with Gasteiger partial charge in [0.1, 0.15) is 5.78 Å². The predicted octanol–water partition coefficient (Wildman–Crippen LogP) is 1.63. The Balaban J connectivity index is 2.33. The molecule has 102 valence electrons. The summed E-state index contributed by atoms with van der Waals surface area (Å²) in [6, 6.07) is 0. The van der Waals surface area contributed by atoms with Gasteiger partial charge in [-0.05, 0) is 6.42 Å². The van der Waals surface area contributed by atoms with Crippen molar-refractivity contribution in [2.75, 3.05) is 6.61 Å². The largest absolute Gasteiger partial charge is 0.463 e. The number of Topliss-reactive ketones (excluding diaryl/α,β-unsaturated/α-hetero) is 1. The number of ketones is 1. The Morgan fingerprint density at radius 1 is 1.39 bits per heavy atom. The number of cyclic esters (lactones) is 1. The van der Waals surface area contributed by atoms with E-state index in [4.69, 9.17) is 4.74 Å². The van der Waals surface area contributed by atoms with Gasteiger partial charge in [-0.1, -0.05) is 20.8 Å². The first-order chi connectivity index (χ1) is 8.36. The summed E-state index contributed by atoms with van der Waals surface area (Å²) >= 11 is 0. The van der Waals surface area contributed by atoms with Crippen LogP contribution in [0.3, 0.4) is 0 Å². The second-order valence-corrected chi connectivity index (χ2v) is 5.10. The van der Waals surface area contributed by atoms with E-state index in [-0.39, 0.29) is 18.6 Å². The second-order valence-electron chi connectivity index (χ2n) is 5.10. The normalized spacial score (nSPS) is 19.5. The molecule has 0 bridgehead atoms. The van der Waals surface area contributed by atoms with Gasteiger partial charge in [-0.2, -0.15) is 0 Å². The molecule has 1 aliphatic heterocycles. The summed E-state index contributed by atoms with van der Waals surface area (Å²) in [6.45, 7) is 5.94. The van der Waals surface area contributed by atoms with Crippen molar-refractivity contribution >= 4 is 17.7 Å². The molecule has 1 aliphatic rings. The minimum atomic E-state index is -0.785. The predicted molar refractivity (Wildman–Crippen MR) is 63.8 cm³/mol. The van der Waals surface area contributed by atoms with Crippen molar-refractivity contribution in [3.8, 4) is 0 Å². The molecule has 0 aromatic heterocycles. The van der Waals surface area contributed by atoms with Gasteiger partial charge in [0, 0.05) is 18.3 Å². The highest BCUT2D eigenvalue weighted by atomic mass is 16.6. The van der Waals surface area contributed by atoms with Crippen molar-refractivity contribution in [3.63, 3.8) is 0 Å². The highest BCUT2D eigenvalue weighted by molar-refractivity contribution is 5.87. The van der Waals surface area contributed by atoms with E-state index in [2.05, 4.69) is 4.74 Å². The smallest absolute Gasteiger partial charge is 0.347 e. The van der Waals surface area contributed by atoms with Crippen LogP contribution < -0.4 is 0 Å². The number of carbonyl (C=O) groups excluding carboxylic acids is 3. The van der Waals surface area contributed by atoms with Crippen LogP contribution >= 0.6 is 0 Å². The summed E-state index contributed by atoms with van der Waals surface area (Å²) in [4.78, 5) is 34.4. The Kier molecular flexibility index (Phi) is 4.87. The number of hydrogen-bond donors (Lipinski definition) is 0. The first-order valence-electron chi connectivity index (χ1n) is 6.26. The number of hydrogen-bond acceptors (Lipinski definition) is 5. The third-order valence-corrected chi connectivity index (χ3v) is 3.36. The van der Waals surface area contributed by atoms with Crippen LogP contribution in [0.4, 0.5) is 0 Å². The lowest BCUT2D eigenvalue weighted by molar-refractivity contribution is -0.160. The van der Waals surface area contributed by atoms with E-state index in [0.29, 0.717) is 13.0 Å². The minimum absolute atomic E-state index is 0.0199. The van der Waals surface area contributed by atoms with Crippen LogP contribution in [-0.4, -0.2) is 30.4 Å². The lowest BCUT2D eigenvalue weighted by Crippen LogP contribution is -2.26. The topological polar surface area (TPSA) is 69.7 Å². The van der Waals surface area contributed by atoms with Gasteiger partial charge in [-0.3, -0.25) is 9.59 Å². The van der Waals surface area contributed by atoms with E-state index < -0.39 is 23.5 Å². The molecule has 1 rings (SSSR count). The molecule has 1 fully saturated rings. The summed E-state index contributed by atoms with van der Waals surface area (Å²) in [6.07, 6.45) is 0.522. The Bertz CT molecular complexity index is 345. The van der Waals surface area contributed by atoms with E-state index in [1.807, 2.05) is 20.8 Å². The van der Waals surface area contributed by atoms with Crippen molar-refractivity contribution in [2.24, 2.45) is 5.41 Å². The monoisotopic (exact) mass is 256 g/mol. The van der Waals surface area contributed by atoms with E-state index in [0.717, 1.165) is 6.42 Å². The standard InChI is InChI=1S/C13H20O5/c1-4-13(2,3)10(14)5-6-11(15)18-9-7-8-17-12(9)16/h9H,4-8H2,1-3H3. The lowest BCUT2D eigenvalue weighted by Gasteiger charge is -2.20. The second kappa shape index (κ2) is 5.98. The zero-order valence-electron chi connectivity index (χ0n) is 11.2. The van der Waals surface area contributed by atoms with Gasteiger partial charge in [-0.25, -0.2) is 4.79 Å². The van der Waals surface area contributed by atoms with Crippen LogP contribution in [-0.2, 0) is 23.9 Å². The summed E-state index contributed by atoms with van der Waals surface area (Å²) in [5.41, 5.74) is -0.410. The molecule has 0 aromatic carbocycles. The Morgan fingerprint density at radius 3 is 2.56 bits per heavy atom. The van der Waals surface area contributed by atoms with Crippen molar-refractivity contribution < 1.29 is 23.9 Å². The van der Waals surface area contributed by atoms with Crippen molar-refractivity contribution in [1.29, 1.82) is 0 Å². The van der Waals surface area contributed by atoms with Crippen LogP contribution in [0, 0.1) is 5.41 Å². The van der Waals surface area contributed by atoms with E-state index in [9.17, 15) is 14.4 Å². The molecule has 0 amide bonds. The van der Waals surface area contributed by atoms with Crippen LogP contribution in [0.1, 0.15) is 46.5 Å². The molecule has 0 spiro atoms. The first-order valence-corrected chi connectivity index (χ1v) is 6.26. The molecule has 1 saturated heterocycles. The fourth-order valence-corrected chi connectivity index (χ4v) is 1.55. The van der Waals surface area contributed by atoms with Gasteiger partial charge in [0.05, 0.1) is 13.0 Å². The number of ether oxygens (including phenoxy) is 2. The fourth-order valence-electron chi connectivity index (χ4n) is 1.55. The summed E-state index contributed by atoms with van der Waals surface area (Å²) < 4.78 is 9.64. The third-order valence-electron chi connectivity index (χ3n) is 3.36. The van der Waals surface area contributed by atoms with E-state index >= 15 is 0 Å². The van der Waals surface area contributed by atoms with Crippen LogP contribution in [0.25, 0.3) is 0 Å². The lowest BCUT2D eigenvalue weighted by atomic mass is 9.83. The van der Waals surface area contributed by atoms with Gasteiger partial charge in [0.15, 0.2) is 0 Å². The Hall–Kier alpha value is -1.39. The maximum absolute atomic E-state index is 11.8. The van der Waals surface area contributed by atoms with Gasteiger partial charge in [-0.15, -0.1) is 0 Å². The highest BCUT2D eigenvalue weighted by Gasteiger charge is 2.31. The van der Waals surface area contributed by atoms with Crippen LogP contribution in [0.15, 0.2) is 0 Å². The molecule has 0 saturated carbocycles. The summed E-state index contributed by atoms with van der Waals surface area (Å²) in [5.74, 6) is -0.974. The molecular formula is C13H20O5. The molecule has 0 N–H and O–H groups in total. The molecule has 0 radical (unpaired) electrons. The van der Waals surface area contributed by atoms with Gasteiger partial charge < -0.3 is 9.47 Å². The van der Waals surface area contributed by atoms with Gasteiger partial charge >= 0.3 is 11.9 Å². The summed E-state index contributed by atoms with van der Waals surface area (Å²) in [7, 11) is 0. The van der Waals surface area contributed by atoms with E-state index in [1.54, 1.807) is 0 Å². The Labute approximate surface area is 107 Å². The average Bonchev–Trinajstić information content (AvgIpc) is 2.72. The average molecular weight is 256 g/mol. The first kappa shape index (κ1) is 14.7. The van der Waals surface area contributed by atoms with Gasteiger partial charge in [0.25, 0.3) is 0 Å². The molecule has 1 unspecified atom stereocenters. The molecule has 0 aromatic rings. The van der Waals surface area contributed by atoms with E-state index in [1.165, 1.54) is 0 Å². The van der Waals surface area contributed by atoms with Gasteiger partial charge in [0.2, 0.25) is 6.10 Å². The molecule has 0 aliphatic carbocycles.